The van der Waals surface area contributed by atoms with Gasteiger partial charge in [0, 0.05) is 12.3 Å². The van der Waals surface area contributed by atoms with Gasteiger partial charge in [-0.3, -0.25) is 0 Å². The van der Waals surface area contributed by atoms with Crippen molar-refractivity contribution in [2.24, 2.45) is 0 Å². The standard InChI is InChI=1S/C15H10I2N5OPS/c16-24(17)25-4-1-9-5-13-11(7-19-9)12-6-10-14(18)20-8-21-15(10)22(12)2-3-23-13/h5-8H,2-3H2,(H2,18,20,21). The van der Waals surface area contributed by atoms with Crippen molar-refractivity contribution in [2.45, 2.75) is 6.54 Å². The third kappa shape index (κ3) is 3.54. The van der Waals surface area contributed by atoms with Crippen molar-refractivity contribution >= 4 is 74.7 Å². The molecule has 25 heavy (non-hydrogen) atoms. The fourth-order valence-electron chi connectivity index (χ4n) is 2.70. The molecule has 1 aliphatic rings. The Morgan fingerprint density at radius 3 is 3.00 bits per heavy atom. The van der Waals surface area contributed by atoms with Gasteiger partial charge in [-0.15, -0.1) is 0 Å². The fraction of sp³-hybridized carbons (Fsp3) is 0.133. The molecule has 0 atom stereocenters. The molecule has 0 amide bonds. The second-order valence-electron chi connectivity index (χ2n) is 5.11. The van der Waals surface area contributed by atoms with E-state index in [1.165, 1.54) is 6.33 Å². The summed E-state index contributed by atoms with van der Waals surface area (Å²) in [6.45, 7) is 1.24. The lowest BCUT2D eigenvalue weighted by Crippen LogP contribution is -2.06. The summed E-state index contributed by atoms with van der Waals surface area (Å²) in [4.78, 5) is 12.9. The van der Waals surface area contributed by atoms with Crippen LogP contribution in [0.25, 0.3) is 22.3 Å². The predicted octanol–water partition coefficient (Wildman–Crippen LogP) is 4.61. The second-order valence-corrected chi connectivity index (χ2v) is 22.8. The summed E-state index contributed by atoms with van der Waals surface area (Å²) in [7, 11) is 0. The van der Waals surface area contributed by atoms with Crippen LogP contribution in [0.15, 0.2) is 24.7 Å². The van der Waals surface area contributed by atoms with Gasteiger partial charge in [0.1, 0.15) is 35.8 Å². The normalized spacial score (nSPS) is 12.8. The summed E-state index contributed by atoms with van der Waals surface area (Å²) >= 11 is 6.38. The summed E-state index contributed by atoms with van der Waals surface area (Å²) in [6, 6.07) is 3.90. The minimum absolute atomic E-state index is 0.164. The van der Waals surface area contributed by atoms with Crippen LogP contribution in [0.2, 0.25) is 0 Å². The van der Waals surface area contributed by atoms with Crippen molar-refractivity contribution < 1.29 is 4.74 Å². The number of nitrogens with two attached hydrogens (primary N) is 1. The van der Waals surface area contributed by atoms with Crippen molar-refractivity contribution in [2.75, 3.05) is 12.3 Å². The predicted molar refractivity (Wildman–Crippen MR) is 120 cm³/mol. The first-order valence-electron chi connectivity index (χ1n) is 7.16. The van der Waals surface area contributed by atoms with Crippen molar-refractivity contribution in [1.29, 1.82) is 0 Å². The summed E-state index contributed by atoms with van der Waals surface area (Å²) in [6.07, 6.45) is 3.29. The molecule has 3 aromatic rings. The van der Waals surface area contributed by atoms with Gasteiger partial charge < -0.3 is 15.0 Å². The SMILES string of the molecule is Nc1ncnc2c1cc1n2CCOc2cc(C#CSP(I)I)ncc2-1. The Kier molecular flexibility index (Phi) is 5.22. The van der Waals surface area contributed by atoms with E-state index in [0.717, 1.165) is 28.0 Å². The molecular weight excluding hydrogens is 583 g/mol. The highest BCUT2D eigenvalue weighted by Crippen LogP contribution is 2.64. The van der Waals surface area contributed by atoms with Crippen LogP contribution in [0.5, 0.6) is 5.75 Å². The van der Waals surface area contributed by atoms with E-state index in [2.05, 4.69) is 74.8 Å². The third-order valence-electron chi connectivity index (χ3n) is 3.73. The molecule has 0 aliphatic carbocycles. The largest absolute Gasteiger partial charge is 0.491 e. The monoisotopic (exact) mass is 593 g/mol. The maximum atomic E-state index is 6.00. The highest BCUT2D eigenvalue weighted by molar-refractivity contribution is 14.3. The van der Waals surface area contributed by atoms with E-state index in [0.29, 0.717) is 24.7 Å². The van der Waals surface area contributed by atoms with Gasteiger partial charge in [-0.1, -0.05) is 0 Å². The first-order valence-corrected chi connectivity index (χ1v) is 15.5. The lowest BCUT2D eigenvalue weighted by atomic mass is 10.1. The Hall–Kier alpha value is -0.830. The van der Waals surface area contributed by atoms with Crippen LogP contribution in [0, 0.1) is 11.2 Å². The quantitative estimate of drug-likeness (QED) is 0.253. The molecule has 4 heterocycles. The van der Waals surface area contributed by atoms with E-state index in [1.54, 1.807) is 17.6 Å². The molecule has 0 unspecified atom stereocenters. The zero-order valence-corrected chi connectivity index (χ0v) is 18.6. The molecule has 0 bridgehead atoms. The topological polar surface area (TPSA) is 78.8 Å². The maximum Gasteiger partial charge on any atom is 0.146 e. The number of hydrogen-bond acceptors (Lipinski definition) is 6. The second kappa shape index (κ2) is 7.42. The number of aromatic nitrogens is 4. The maximum absolute atomic E-state index is 6.00. The number of rotatable bonds is 1. The minimum Gasteiger partial charge on any atom is -0.491 e. The van der Waals surface area contributed by atoms with Gasteiger partial charge in [-0.25, -0.2) is 15.0 Å². The highest BCUT2D eigenvalue weighted by atomic mass is 127. The molecule has 0 saturated heterocycles. The van der Waals surface area contributed by atoms with Crippen LogP contribution in [-0.4, -0.2) is 26.1 Å². The molecule has 1 aliphatic heterocycles. The molecule has 2 N–H and O–H groups in total. The molecule has 4 rings (SSSR count). The zero-order valence-electron chi connectivity index (χ0n) is 12.6. The van der Waals surface area contributed by atoms with Crippen LogP contribution in [0.4, 0.5) is 5.82 Å². The number of ether oxygens (including phenoxy) is 1. The number of nitrogens with zero attached hydrogens (tertiary/aromatic N) is 4. The summed E-state index contributed by atoms with van der Waals surface area (Å²) in [5, 5.41) is 3.94. The first-order chi connectivity index (χ1) is 12.1. The van der Waals surface area contributed by atoms with E-state index in [4.69, 9.17) is 10.5 Å². The number of nitrogen functional groups attached to an aromatic ring is 1. The fourth-order valence-corrected chi connectivity index (χ4v) is 5.04. The smallest absolute Gasteiger partial charge is 0.146 e. The number of anilines is 1. The highest BCUT2D eigenvalue weighted by Gasteiger charge is 2.20. The molecule has 0 spiro atoms. The molecule has 3 aromatic heterocycles. The molecule has 0 fully saturated rings. The van der Waals surface area contributed by atoms with Crippen LogP contribution in [-0.2, 0) is 6.54 Å². The summed E-state index contributed by atoms with van der Waals surface area (Å²) in [5.41, 5.74) is 9.42. The van der Waals surface area contributed by atoms with Gasteiger partial charge >= 0.3 is 0 Å². The summed E-state index contributed by atoms with van der Waals surface area (Å²) < 4.78 is 7.86. The molecule has 126 valence electrons. The van der Waals surface area contributed by atoms with Crippen molar-refractivity contribution in [3.8, 4) is 28.2 Å². The number of fused-ring (bicyclic) bond motifs is 5. The molecule has 6 nitrogen and oxygen atoms in total. The Morgan fingerprint density at radius 2 is 2.16 bits per heavy atom. The lowest BCUT2D eigenvalue weighted by molar-refractivity contribution is 0.308. The molecule has 0 aromatic carbocycles. The van der Waals surface area contributed by atoms with Crippen LogP contribution in [0.3, 0.4) is 0 Å². The Labute approximate surface area is 175 Å². The zero-order chi connectivity index (χ0) is 17.4. The Balaban J connectivity index is 1.81. The number of pyridine rings is 1. The Bertz CT molecular complexity index is 1030. The third-order valence-corrected chi connectivity index (χ3v) is 8.29. The van der Waals surface area contributed by atoms with Gasteiger partial charge in [0.2, 0.25) is 0 Å². The number of hydrogen-bond donors (Lipinski definition) is 1. The van der Waals surface area contributed by atoms with Crippen molar-refractivity contribution in [3.63, 3.8) is 0 Å². The molecule has 0 radical (unpaired) electrons. The van der Waals surface area contributed by atoms with Gasteiger partial charge in [0.05, 0.1) is 25.6 Å². The summed E-state index contributed by atoms with van der Waals surface area (Å²) in [5.74, 6) is 4.35. The van der Waals surface area contributed by atoms with E-state index >= 15 is 0 Å². The number of halogens is 2. The van der Waals surface area contributed by atoms with Crippen molar-refractivity contribution in [1.82, 2.24) is 19.5 Å². The van der Waals surface area contributed by atoms with Gasteiger partial charge in [-0.2, -0.15) is 0 Å². The Morgan fingerprint density at radius 1 is 1.28 bits per heavy atom. The van der Waals surface area contributed by atoms with Crippen LogP contribution < -0.4 is 10.5 Å². The van der Waals surface area contributed by atoms with Crippen molar-refractivity contribution in [3.05, 3.63) is 30.4 Å². The van der Waals surface area contributed by atoms with E-state index < -0.39 is 0 Å². The van der Waals surface area contributed by atoms with Crippen LogP contribution in [0.1, 0.15) is 5.69 Å². The molecule has 0 saturated carbocycles. The minimum atomic E-state index is -0.164. The average Bonchev–Trinajstić information content (AvgIpc) is 2.86. The average molecular weight is 593 g/mol. The van der Waals surface area contributed by atoms with Crippen LogP contribution >= 0.6 is 57.9 Å². The molecular formula is C15H10I2N5OPS. The molecule has 10 heteroatoms. The van der Waals surface area contributed by atoms with E-state index in [-0.39, 0.29) is 2.41 Å². The lowest BCUT2D eigenvalue weighted by Gasteiger charge is -2.06. The van der Waals surface area contributed by atoms with Gasteiger partial charge in [0.15, 0.2) is 0 Å². The van der Waals surface area contributed by atoms with E-state index in [9.17, 15) is 0 Å². The first kappa shape index (κ1) is 17.6. The van der Waals surface area contributed by atoms with Gasteiger partial charge in [0.25, 0.3) is 0 Å². The van der Waals surface area contributed by atoms with E-state index in [1.807, 2.05) is 12.1 Å². The van der Waals surface area contributed by atoms with Gasteiger partial charge in [-0.05, 0) is 72.7 Å².